The van der Waals surface area contributed by atoms with Crippen molar-refractivity contribution in [3.63, 3.8) is 0 Å². The number of carbonyl (C=O) groups is 1. The number of nitrogens with two attached hydrogens (primary N) is 1. The van der Waals surface area contributed by atoms with Crippen molar-refractivity contribution >= 4 is 24.0 Å². The normalized spacial score (nSPS) is 12.3. The molecule has 1 amide bonds. The van der Waals surface area contributed by atoms with Gasteiger partial charge in [0.15, 0.2) is 0 Å². The second-order valence-electron chi connectivity index (χ2n) is 3.35. The van der Waals surface area contributed by atoms with Crippen LogP contribution in [-0.4, -0.2) is 18.3 Å². The maximum absolute atomic E-state index is 11.8. The van der Waals surface area contributed by atoms with Crippen LogP contribution in [0.2, 0.25) is 0 Å². The number of benzene rings is 1. The number of carbonyl (C=O) groups excluding carboxylic acids is 1. The Labute approximate surface area is 108 Å². The van der Waals surface area contributed by atoms with Gasteiger partial charge in [-0.15, -0.1) is 25.6 Å². The lowest BCUT2D eigenvalue weighted by atomic mass is 10.2. The third kappa shape index (κ3) is 5.74. The molecule has 0 heterocycles. The molecule has 18 heavy (non-hydrogen) atoms. The van der Waals surface area contributed by atoms with Gasteiger partial charge in [0.2, 0.25) is 5.91 Å². The molecule has 1 rings (SSSR count). The predicted octanol–water partition coefficient (Wildman–Crippen LogP) is 2.29. The monoisotopic (exact) mass is 284 g/mol. The van der Waals surface area contributed by atoms with Crippen LogP contribution >= 0.6 is 12.4 Å². The lowest BCUT2D eigenvalue weighted by Crippen LogP contribution is -2.32. The molecule has 1 atom stereocenters. The summed E-state index contributed by atoms with van der Waals surface area (Å²) in [6.45, 7) is 1.50. The Bertz CT molecular complexity index is 393. The van der Waals surface area contributed by atoms with Crippen LogP contribution < -0.4 is 15.8 Å². The Morgan fingerprint density at radius 2 is 1.83 bits per heavy atom. The fourth-order valence-electron chi connectivity index (χ4n) is 0.996. The van der Waals surface area contributed by atoms with Gasteiger partial charge in [-0.3, -0.25) is 4.79 Å². The zero-order valence-corrected chi connectivity index (χ0v) is 10.1. The molecule has 0 aliphatic heterocycles. The van der Waals surface area contributed by atoms with Crippen LogP contribution in [0.25, 0.3) is 0 Å². The van der Waals surface area contributed by atoms with Crippen molar-refractivity contribution < 1.29 is 22.7 Å². The molecular formula is C10H12ClF3N2O2. The number of nitrogens with one attached hydrogen (secondary N) is 1. The molecule has 4 nitrogen and oxygen atoms in total. The largest absolute Gasteiger partial charge is 0.573 e. The maximum atomic E-state index is 11.8. The topological polar surface area (TPSA) is 64.4 Å². The Hall–Kier alpha value is -1.47. The number of amides is 1. The number of halogens is 4. The molecule has 1 aromatic rings. The van der Waals surface area contributed by atoms with Crippen molar-refractivity contribution in [1.29, 1.82) is 0 Å². The highest BCUT2D eigenvalue weighted by Crippen LogP contribution is 2.23. The van der Waals surface area contributed by atoms with E-state index in [-0.39, 0.29) is 18.2 Å². The third-order valence-electron chi connectivity index (χ3n) is 1.77. The van der Waals surface area contributed by atoms with Gasteiger partial charge >= 0.3 is 6.36 Å². The average Bonchev–Trinajstić information content (AvgIpc) is 2.18. The molecule has 0 radical (unpaired) electrons. The SMILES string of the molecule is CC(N)C(=O)Nc1ccc(OC(F)(F)F)cc1.Cl. The number of alkyl halides is 3. The van der Waals surface area contributed by atoms with Crippen molar-refractivity contribution in [2.45, 2.75) is 19.3 Å². The van der Waals surface area contributed by atoms with Gasteiger partial charge in [0.1, 0.15) is 5.75 Å². The van der Waals surface area contributed by atoms with E-state index in [1.807, 2.05) is 0 Å². The maximum Gasteiger partial charge on any atom is 0.573 e. The third-order valence-corrected chi connectivity index (χ3v) is 1.77. The molecule has 3 N–H and O–H groups in total. The molecule has 0 aliphatic rings. The van der Waals surface area contributed by atoms with E-state index >= 15 is 0 Å². The Kier molecular flexibility index (Phi) is 5.93. The number of ether oxygens (including phenoxy) is 1. The second-order valence-corrected chi connectivity index (χ2v) is 3.35. The van der Waals surface area contributed by atoms with Crippen LogP contribution in [0, 0.1) is 0 Å². The zero-order chi connectivity index (χ0) is 13.1. The van der Waals surface area contributed by atoms with Crippen LogP contribution in [0.3, 0.4) is 0 Å². The second kappa shape index (κ2) is 6.46. The summed E-state index contributed by atoms with van der Waals surface area (Å²) in [6.07, 6.45) is -4.73. The van der Waals surface area contributed by atoms with E-state index < -0.39 is 18.3 Å². The molecule has 0 fully saturated rings. The van der Waals surface area contributed by atoms with Gasteiger partial charge in [-0.25, -0.2) is 0 Å². The van der Waals surface area contributed by atoms with Crippen molar-refractivity contribution in [1.82, 2.24) is 0 Å². The minimum absolute atomic E-state index is 0. The summed E-state index contributed by atoms with van der Waals surface area (Å²) >= 11 is 0. The molecule has 1 aromatic carbocycles. The standard InChI is InChI=1S/C10H11F3N2O2.ClH/c1-6(14)9(16)15-7-2-4-8(5-3-7)17-10(11,12)13;/h2-6H,14H2,1H3,(H,15,16);1H. The first kappa shape index (κ1) is 16.5. The van der Waals surface area contributed by atoms with Crippen LogP contribution in [0.4, 0.5) is 18.9 Å². The van der Waals surface area contributed by atoms with E-state index in [1.54, 1.807) is 0 Å². The first-order chi connectivity index (χ1) is 7.78. The number of hydrogen-bond donors (Lipinski definition) is 2. The number of rotatable bonds is 3. The van der Waals surface area contributed by atoms with Gasteiger partial charge in [-0.1, -0.05) is 0 Å². The summed E-state index contributed by atoms with van der Waals surface area (Å²) < 4.78 is 39.2. The summed E-state index contributed by atoms with van der Waals surface area (Å²) in [6, 6.07) is 4.10. The van der Waals surface area contributed by atoms with Crippen LogP contribution in [0.15, 0.2) is 24.3 Å². The van der Waals surface area contributed by atoms with Crippen LogP contribution in [-0.2, 0) is 4.79 Å². The van der Waals surface area contributed by atoms with E-state index in [4.69, 9.17) is 5.73 Å². The lowest BCUT2D eigenvalue weighted by molar-refractivity contribution is -0.274. The quantitative estimate of drug-likeness (QED) is 0.895. The fourth-order valence-corrected chi connectivity index (χ4v) is 0.996. The first-order valence-electron chi connectivity index (χ1n) is 4.70. The van der Waals surface area contributed by atoms with Crippen molar-refractivity contribution in [2.75, 3.05) is 5.32 Å². The van der Waals surface area contributed by atoms with E-state index in [2.05, 4.69) is 10.1 Å². The summed E-state index contributed by atoms with van der Waals surface area (Å²) in [4.78, 5) is 11.2. The molecule has 0 bridgehead atoms. The van der Waals surface area contributed by atoms with E-state index in [0.717, 1.165) is 12.1 Å². The molecule has 0 aromatic heterocycles. The highest BCUT2D eigenvalue weighted by atomic mass is 35.5. The van der Waals surface area contributed by atoms with Crippen LogP contribution in [0.5, 0.6) is 5.75 Å². The number of hydrogen-bond acceptors (Lipinski definition) is 3. The molecule has 0 aliphatic carbocycles. The fraction of sp³-hybridized carbons (Fsp3) is 0.300. The van der Waals surface area contributed by atoms with Gasteiger partial charge in [-0.2, -0.15) is 0 Å². The van der Waals surface area contributed by atoms with E-state index in [9.17, 15) is 18.0 Å². The van der Waals surface area contributed by atoms with E-state index in [1.165, 1.54) is 19.1 Å². The Balaban J connectivity index is 0.00000289. The molecule has 102 valence electrons. The molecule has 8 heteroatoms. The van der Waals surface area contributed by atoms with Crippen molar-refractivity contribution in [2.24, 2.45) is 5.73 Å². The van der Waals surface area contributed by atoms with E-state index in [0.29, 0.717) is 5.69 Å². The number of anilines is 1. The average molecular weight is 285 g/mol. The summed E-state index contributed by atoms with van der Waals surface area (Å²) in [5, 5.41) is 2.43. The molecule has 0 saturated carbocycles. The minimum Gasteiger partial charge on any atom is -0.406 e. The summed E-state index contributed by atoms with van der Waals surface area (Å²) in [5.74, 6) is -0.772. The molecule has 0 spiro atoms. The smallest absolute Gasteiger partial charge is 0.406 e. The molecular weight excluding hydrogens is 273 g/mol. The Morgan fingerprint density at radius 1 is 1.33 bits per heavy atom. The summed E-state index contributed by atoms with van der Waals surface area (Å²) in [7, 11) is 0. The van der Waals surface area contributed by atoms with Gasteiger partial charge in [0, 0.05) is 5.69 Å². The van der Waals surface area contributed by atoms with Gasteiger partial charge < -0.3 is 15.8 Å². The molecule has 1 unspecified atom stereocenters. The van der Waals surface area contributed by atoms with Crippen molar-refractivity contribution in [3.05, 3.63) is 24.3 Å². The minimum atomic E-state index is -4.73. The predicted molar refractivity (Wildman–Crippen MR) is 62.7 cm³/mol. The van der Waals surface area contributed by atoms with Gasteiger partial charge in [0.25, 0.3) is 0 Å². The first-order valence-corrected chi connectivity index (χ1v) is 4.70. The highest BCUT2D eigenvalue weighted by molar-refractivity contribution is 5.94. The van der Waals surface area contributed by atoms with Crippen molar-refractivity contribution in [3.8, 4) is 5.75 Å². The highest BCUT2D eigenvalue weighted by Gasteiger charge is 2.30. The van der Waals surface area contributed by atoms with Crippen LogP contribution in [0.1, 0.15) is 6.92 Å². The van der Waals surface area contributed by atoms with Gasteiger partial charge in [0.05, 0.1) is 6.04 Å². The lowest BCUT2D eigenvalue weighted by Gasteiger charge is -2.10. The zero-order valence-electron chi connectivity index (χ0n) is 9.32. The Morgan fingerprint density at radius 3 is 2.22 bits per heavy atom. The summed E-state index contributed by atoms with van der Waals surface area (Å²) in [5.41, 5.74) is 5.66. The molecule has 0 saturated heterocycles. The van der Waals surface area contributed by atoms with Gasteiger partial charge in [-0.05, 0) is 31.2 Å².